The maximum Gasteiger partial charge on any atom is 0.132 e. The van der Waals surface area contributed by atoms with Crippen LogP contribution >= 0.6 is 11.6 Å². The van der Waals surface area contributed by atoms with Gasteiger partial charge in [-0.05, 0) is 55.3 Å². The zero-order valence-corrected chi connectivity index (χ0v) is 14.2. The normalized spacial score (nSPS) is 11.9. The highest BCUT2D eigenvalue weighted by atomic mass is 35.5. The van der Waals surface area contributed by atoms with Crippen molar-refractivity contribution < 1.29 is 8.78 Å². The Morgan fingerprint density at radius 3 is 2.67 bits per heavy atom. The molecule has 1 N–H and O–H groups in total. The predicted octanol–water partition coefficient (Wildman–Crippen LogP) is 5.19. The molecular formula is C19H17ClF2N2. The van der Waals surface area contributed by atoms with Crippen LogP contribution in [0.3, 0.4) is 0 Å². The van der Waals surface area contributed by atoms with Gasteiger partial charge in [-0.2, -0.15) is 0 Å². The van der Waals surface area contributed by atoms with Crippen LogP contribution in [0.1, 0.15) is 25.0 Å². The van der Waals surface area contributed by atoms with E-state index in [9.17, 15) is 8.78 Å². The van der Waals surface area contributed by atoms with E-state index >= 15 is 0 Å². The highest BCUT2D eigenvalue weighted by Crippen LogP contribution is 2.29. The Bertz CT molecular complexity index is 894. The Balaban J connectivity index is 1.89. The van der Waals surface area contributed by atoms with Crippen molar-refractivity contribution >= 4 is 22.5 Å². The van der Waals surface area contributed by atoms with Crippen LogP contribution in [0, 0.1) is 11.6 Å². The first-order valence-corrected chi connectivity index (χ1v) is 7.99. The van der Waals surface area contributed by atoms with Gasteiger partial charge in [-0.3, -0.25) is 4.98 Å². The van der Waals surface area contributed by atoms with Gasteiger partial charge in [-0.1, -0.05) is 23.7 Å². The van der Waals surface area contributed by atoms with Crippen molar-refractivity contribution in [1.82, 2.24) is 10.3 Å². The Labute approximate surface area is 144 Å². The molecule has 3 aromatic rings. The smallest absolute Gasteiger partial charge is 0.132 e. The van der Waals surface area contributed by atoms with Gasteiger partial charge in [0.05, 0.1) is 5.52 Å². The van der Waals surface area contributed by atoms with Gasteiger partial charge in [-0.15, -0.1) is 0 Å². The lowest BCUT2D eigenvalue weighted by molar-refractivity contribution is 0.401. The van der Waals surface area contributed by atoms with E-state index in [2.05, 4.69) is 10.3 Å². The SMILES string of the molecule is CC(C)(NCc1ccc(F)c2cccnc12)c1ccc(F)cc1Cl. The average Bonchev–Trinajstić information content (AvgIpc) is 2.54. The van der Waals surface area contributed by atoms with Crippen molar-refractivity contribution in [3.8, 4) is 0 Å². The number of pyridine rings is 1. The van der Waals surface area contributed by atoms with E-state index in [1.165, 1.54) is 18.2 Å². The van der Waals surface area contributed by atoms with Gasteiger partial charge in [0.25, 0.3) is 0 Å². The van der Waals surface area contributed by atoms with Crippen LogP contribution in [0.2, 0.25) is 5.02 Å². The van der Waals surface area contributed by atoms with Crippen LogP contribution < -0.4 is 5.32 Å². The third kappa shape index (κ3) is 3.25. The second-order valence-electron chi connectivity index (χ2n) is 6.21. The number of hydrogen-bond acceptors (Lipinski definition) is 2. The van der Waals surface area contributed by atoms with Crippen molar-refractivity contribution in [1.29, 1.82) is 0 Å². The highest BCUT2D eigenvalue weighted by molar-refractivity contribution is 6.31. The van der Waals surface area contributed by atoms with Gasteiger partial charge in [-0.25, -0.2) is 8.78 Å². The molecule has 0 spiro atoms. The Hall–Kier alpha value is -2.04. The van der Waals surface area contributed by atoms with E-state index in [4.69, 9.17) is 11.6 Å². The molecule has 0 fully saturated rings. The number of nitrogens with one attached hydrogen (secondary N) is 1. The summed E-state index contributed by atoms with van der Waals surface area (Å²) in [7, 11) is 0. The van der Waals surface area contributed by atoms with E-state index in [1.54, 1.807) is 30.5 Å². The van der Waals surface area contributed by atoms with E-state index in [0.29, 0.717) is 22.5 Å². The minimum atomic E-state index is -0.486. The first-order valence-electron chi connectivity index (χ1n) is 7.61. The van der Waals surface area contributed by atoms with Crippen LogP contribution in [-0.4, -0.2) is 4.98 Å². The second-order valence-corrected chi connectivity index (χ2v) is 6.62. The van der Waals surface area contributed by atoms with Gasteiger partial charge in [0.1, 0.15) is 11.6 Å². The van der Waals surface area contributed by atoms with Crippen molar-refractivity contribution in [2.75, 3.05) is 0 Å². The summed E-state index contributed by atoms with van der Waals surface area (Å²) in [6, 6.07) is 11.0. The summed E-state index contributed by atoms with van der Waals surface area (Å²) in [5.41, 5.74) is 1.83. The van der Waals surface area contributed by atoms with Crippen molar-refractivity contribution in [2.45, 2.75) is 25.9 Å². The quantitative estimate of drug-likeness (QED) is 0.703. The molecule has 1 heterocycles. The number of hydrogen-bond donors (Lipinski definition) is 1. The fourth-order valence-corrected chi connectivity index (χ4v) is 3.15. The van der Waals surface area contributed by atoms with Crippen LogP contribution in [-0.2, 0) is 12.1 Å². The molecular weight excluding hydrogens is 330 g/mol. The molecule has 0 saturated heterocycles. The number of benzene rings is 2. The molecule has 0 aliphatic rings. The summed E-state index contributed by atoms with van der Waals surface area (Å²) >= 11 is 6.17. The molecule has 1 aromatic heterocycles. The third-order valence-corrected chi connectivity index (χ3v) is 4.44. The topological polar surface area (TPSA) is 24.9 Å². The number of rotatable bonds is 4. The van der Waals surface area contributed by atoms with E-state index in [0.717, 1.165) is 11.1 Å². The lowest BCUT2D eigenvalue weighted by atomic mass is 9.93. The number of aromatic nitrogens is 1. The summed E-state index contributed by atoms with van der Waals surface area (Å²) < 4.78 is 27.1. The Kier molecular flexibility index (Phi) is 4.52. The molecule has 24 heavy (non-hydrogen) atoms. The summed E-state index contributed by atoms with van der Waals surface area (Å²) in [4.78, 5) is 4.29. The van der Waals surface area contributed by atoms with Gasteiger partial charge in [0, 0.05) is 28.7 Å². The van der Waals surface area contributed by atoms with Crippen LogP contribution in [0.4, 0.5) is 8.78 Å². The highest BCUT2D eigenvalue weighted by Gasteiger charge is 2.23. The summed E-state index contributed by atoms with van der Waals surface area (Å²) in [5, 5.41) is 4.26. The van der Waals surface area contributed by atoms with Crippen molar-refractivity contribution in [3.63, 3.8) is 0 Å². The minimum Gasteiger partial charge on any atom is -0.304 e. The molecule has 3 rings (SSSR count). The van der Waals surface area contributed by atoms with Crippen LogP contribution in [0.15, 0.2) is 48.7 Å². The first kappa shape index (κ1) is 16.8. The number of fused-ring (bicyclic) bond motifs is 1. The largest absolute Gasteiger partial charge is 0.304 e. The second kappa shape index (κ2) is 6.46. The van der Waals surface area contributed by atoms with E-state index < -0.39 is 5.54 Å². The zero-order valence-electron chi connectivity index (χ0n) is 13.4. The molecule has 2 aromatic carbocycles. The monoisotopic (exact) mass is 346 g/mol. The molecule has 0 atom stereocenters. The average molecular weight is 347 g/mol. The van der Waals surface area contributed by atoms with Gasteiger partial charge in [0.15, 0.2) is 0 Å². The van der Waals surface area contributed by atoms with E-state index in [-0.39, 0.29) is 11.6 Å². The van der Waals surface area contributed by atoms with Gasteiger partial charge in [0.2, 0.25) is 0 Å². The third-order valence-electron chi connectivity index (χ3n) is 4.13. The molecule has 0 aliphatic heterocycles. The molecule has 2 nitrogen and oxygen atoms in total. The molecule has 0 saturated carbocycles. The number of halogens is 3. The molecule has 124 valence electrons. The minimum absolute atomic E-state index is 0.289. The fraction of sp³-hybridized carbons (Fsp3) is 0.211. The van der Waals surface area contributed by atoms with Gasteiger partial charge < -0.3 is 5.32 Å². The van der Waals surface area contributed by atoms with Gasteiger partial charge >= 0.3 is 0 Å². The fourth-order valence-electron chi connectivity index (χ4n) is 2.75. The van der Waals surface area contributed by atoms with Crippen molar-refractivity contribution in [2.24, 2.45) is 0 Å². The van der Waals surface area contributed by atoms with E-state index in [1.807, 2.05) is 13.8 Å². The maximum atomic E-state index is 13.9. The summed E-state index contributed by atoms with van der Waals surface area (Å²) in [6.07, 6.45) is 1.65. The Morgan fingerprint density at radius 2 is 1.92 bits per heavy atom. The maximum absolute atomic E-state index is 13.9. The summed E-state index contributed by atoms with van der Waals surface area (Å²) in [5.74, 6) is -0.657. The standard InChI is InChI=1S/C19H17ClF2N2/c1-19(2,15-7-6-13(21)10-16(15)20)24-11-12-5-8-17(22)14-4-3-9-23-18(12)14/h3-10,24H,11H2,1-2H3. The summed E-state index contributed by atoms with van der Waals surface area (Å²) in [6.45, 7) is 4.41. The molecule has 0 unspecified atom stereocenters. The van der Waals surface area contributed by atoms with Crippen LogP contribution in [0.5, 0.6) is 0 Å². The van der Waals surface area contributed by atoms with Crippen molar-refractivity contribution in [3.05, 3.63) is 76.4 Å². The molecule has 0 aliphatic carbocycles. The number of nitrogens with zero attached hydrogens (tertiary/aromatic N) is 1. The lowest BCUT2D eigenvalue weighted by Crippen LogP contribution is -2.36. The molecule has 5 heteroatoms. The lowest BCUT2D eigenvalue weighted by Gasteiger charge is -2.28. The van der Waals surface area contributed by atoms with Crippen LogP contribution in [0.25, 0.3) is 10.9 Å². The first-order chi connectivity index (χ1) is 11.4. The molecule has 0 radical (unpaired) electrons. The molecule has 0 amide bonds. The zero-order chi connectivity index (χ0) is 17.3. The Morgan fingerprint density at radius 1 is 1.12 bits per heavy atom. The molecule has 0 bridgehead atoms. The predicted molar refractivity (Wildman–Crippen MR) is 93.0 cm³/mol.